The monoisotopic (exact) mass is 698 g/mol. The van der Waals surface area contributed by atoms with Crippen molar-refractivity contribution in [1.29, 1.82) is 0 Å². The van der Waals surface area contributed by atoms with Gasteiger partial charge in [-0.2, -0.15) is 0 Å². The zero-order valence-electron chi connectivity index (χ0n) is 27.6. The van der Waals surface area contributed by atoms with E-state index in [1.54, 1.807) is 17.6 Å². The number of carboxylic acid groups (broad SMARTS) is 1. The maximum absolute atomic E-state index is 12.4. The number of nitrogens with one attached hydrogen (secondary N) is 2. The molecule has 262 valence electrons. The van der Waals surface area contributed by atoms with Gasteiger partial charge in [0, 0.05) is 42.0 Å². The lowest BCUT2D eigenvalue weighted by molar-refractivity contribution is -0.245. The molecule has 1 aliphatic heterocycles. The summed E-state index contributed by atoms with van der Waals surface area (Å²) < 4.78 is 13.1. The molecule has 1 aliphatic rings. The average Bonchev–Trinajstić information content (AvgIpc) is 3.16. The highest BCUT2D eigenvalue weighted by molar-refractivity contribution is 7.99. The summed E-state index contributed by atoms with van der Waals surface area (Å²) in [6, 6.07) is 30.6. The highest BCUT2D eigenvalue weighted by Gasteiger charge is 2.32. The van der Waals surface area contributed by atoms with Gasteiger partial charge in [-0.25, -0.2) is 10.3 Å². The Morgan fingerprint density at radius 1 is 0.760 bits per heavy atom. The fourth-order valence-electron chi connectivity index (χ4n) is 5.79. The summed E-state index contributed by atoms with van der Waals surface area (Å²) in [5.74, 6) is -0.921. The molecule has 0 aliphatic carbocycles. The van der Waals surface area contributed by atoms with Gasteiger partial charge in [0.1, 0.15) is 0 Å². The number of unbranched alkanes of at least 4 members (excludes halogenated alkanes) is 2. The highest BCUT2D eigenvalue weighted by atomic mass is 32.2. The second kappa shape index (κ2) is 18.5. The third-order valence-electron chi connectivity index (χ3n) is 8.50. The van der Waals surface area contributed by atoms with Gasteiger partial charge in [0.25, 0.3) is 0 Å². The smallest absolute Gasteiger partial charge is 0.336 e. The lowest BCUT2D eigenvalue weighted by Gasteiger charge is -2.36. The molecule has 3 atom stereocenters. The summed E-state index contributed by atoms with van der Waals surface area (Å²) in [4.78, 5) is 36.0. The molecule has 11 heteroatoms. The second-order valence-electron chi connectivity index (χ2n) is 12.2. The Bertz CT molecular complexity index is 1750. The Kier molecular flexibility index (Phi) is 13.6. The molecule has 0 spiro atoms. The number of aliphatic hydroxyl groups excluding tert-OH is 1. The van der Waals surface area contributed by atoms with Crippen LogP contribution in [0.5, 0.6) is 0 Å². The first kappa shape index (κ1) is 36.8. The molecule has 50 heavy (non-hydrogen) atoms. The number of carbonyl (C=O) groups excluding carboxylic acids is 2. The number of carbonyl (C=O) groups is 3. The fraction of sp³-hybridized carbons (Fsp3) is 0.308. The van der Waals surface area contributed by atoms with Gasteiger partial charge in [-0.05, 0) is 64.9 Å². The number of aliphatic hydroxyl groups is 1. The van der Waals surface area contributed by atoms with E-state index in [0.717, 1.165) is 39.8 Å². The van der Waals surface area contributed by atoms with Crippen LogP contribution in [-0.2, 0) is 32.2 Å². The van der Waals surface area contributed by atoms with Crippen LogP contribution in [0.1, 0.15) is 83.5 Å². The first-order chi connectivity index (χ1) is 24.3. The molecule has 3 unspecified atom stereocenters. The Morgan fingerprint density at radius 3 is 2.22 bits per heavy atom. The lowest BCUT2D eigenvalue weighted by Crippen LogP contribution is -2.31. The van der Waals surface area contributed by atoms with E-state index in [1.165, 1.54) is 11.8 Å². The summed E-state index contributed by atoms with van der Waals surface area (Å²) in [5.41, 5.74) is 7.39. The van der Waals surface area contributed by atoms with E-state index in [1.807, 2.05) is 84.9 Å². The molecular formula is C39H42N2O8S. The number of ether oxygens (including phenoxy) is 2. The summed E-state index contributed by atoms with van der Waals surface area (Å²) in [7, 11) is 0. The number of aromatic carboxylic acids is 1. The van der Waals surface area contributed by atoms with Gasteiger partial charge in [-0.3, -0.25) is 14.8 Å². The quantitative estimate of drug-likeness (QED) is 0.0362. The maximum atomic E-state index is 12.4. The zero-order valence-corrected chi connectivity index (χ0v) is 28.4. The number of thioether (sulfide) groups is 1. The molecule has 1 heterocycles. The van der Waals surface area contributed by atoms with Gasteiger partial charge in [0.05, 0.1) is 24.4 Å². The molecule has 10 nitrogen and oxygen atoms in total. The van der Waals surface area contributed by atoms with Gasteiger partial charge in [0.2, 0.25) is 11.8 Å². The lowest BCUT2D eigenvalue weighted by atomic mass is 9.99. The van der Waals surface area contributed by atoms with E-state index in [0.29, 0.717) is 42.9 Å². The van der Waals surface area contributed by atoms with Crippen molar-refractivity contribution in [3.8, 4) is 11.1 Å². The number of amides is 2. The normalized spacial score (nSPS) is 17.2. The first-order valence-electron chi connectivity index (χ1n) is 16.7. The minimum atomic E-state index is -0.969. The van der Waals surface area contributed by atoms with E-state index in [9.17, 15) is 24.6 Å². The Morgan fingerprint density at radius 2 is 1.48 bits per heavy atom. The predicted molar refractivity (Wildman–Crippen MR) is 189 cm³/mol. The van der Waals surface area contributed by atoms with Crippen molar-refractivity contribution in [2.24, 2.45) is 0 Å². The molecule has 1 fully saturated rings. The molecular weight excluding hydrogens is 657 g/mol. The van der Waals surface area contributed by atoms with E-state index >= 15 is 0 Å². The zero-order chi connectivity index (χ0) is 35.3. The number of rotatable bonds is 16. The Hall–Kier alpha value is -4.52. The van der Waals surface area contributed by atoms with Crippen molar-refractivity contribution >= 4 is 29.5 Å². The maximum Gasteiger partial charge on any atom is 0.336 e. The van der Waals surface area contributed by atoms with Gasteiger partial charge < -0.3 is 25.0 Å². The van der Waals surface area contributed by atoms with Crippen LogP contribution in [0.25, 0.3) is 11.1 Å². The molecule has 1 saturated heterocycles. The molecule has 4 aromatic rings. The van der Waals surface area contributed by atoms with Gasteiger partial charge in [-0.1, -0.05) is 79.2 Å². The molecule has 0 aromatic heterocycles. The molecule has 5 rings (SSSR count). The van der Waals surface area contributed by atoms with Crippen molar-refractivity contribution in [3.05, 3.63) is 125 Å². The fourth-order valence-corrected chi connectivity index (χ4v) is 6.86. The minimum absolute atomic E-state index is 0.0464. The van der Waals surface area contributed by atoms with E-state index in [4.69, 9.17) is 14.7 Å². The van der Waals surface area contributed by atoms with Crippen LogP contribution in [0.4, 0.5) is 0 Å². The van der Waals surface area contributed by atoms with Crippen LogP contribution < -0.4 is 10.8 Å². The predicted octanol–water partition coefficient (Wildman–Crippen LogP) is 6.95. The molecule has 4 aromatic carbocycles. The van der Waals surface area contributed by atoms with Gasteiger partial charge in [0.15, 0.2) is 6.29 Å². The summed E-state index contributed by atoms with van der Waals surface area (Å²) >= 11 is 1.45. The number of benzene rings is 4. The molecule has 5 N–H and O–H groups in total. The van der Waals surface area contributed by atoms with Crippen LogP contribution >= 0.6 is 11.8 Å². The van der Waals surface area contributed by atoms with Gasteiger partial charge in [-0.15, -0.1) is 11.8 Å². The molecule has 0 saturated carbocycles. The third-order valence-corrected chi connectivity index (χ3v) is 9.70. The second-order valence-corrected chi connectivity index (χ2v) is 13.2. The standard InChI is InChI=1S/C39H42N2O8S/c42-24-26-16-18-28(19-17-26)34-22-32(25-50-35-13-5-4-12-33(35)38(45)46)48-39(49-34)31-11-7-10-30(21-31)29-9-6-8-27(20-29)23-40-36(43)14-2-1-3-15-37(44)41-47/h4-13,16-21,32,34,39,42,47H,1-3,14-15,22-25H2,(H,40,43)(H,41,44)(H,45,46). The van der Waals surface area contributed by atoms with Crippen molar-refractivity contribution < 1.29 is 39.3 Å². The van der Waals surface area contributed by atoms with Crippen LogP contribution in [0.15, 0.2) is 102 Å². The highest BCUT2D eigenvalue weighted by Crippen LogP contribution is 2.40. The Balaban J connectivity index is 1.27. The SMILES string of the molecule is O=C(CCCCCC(=O)NCc1cccc(-c2cccc(C3OC(CSc4ccccc4C(=O)O)CC(c4ccc(CO)cc4)O3)c2)c1)NO. The van der Waals surface area contributed by atoms with E-state index in [2.05, 4.69) is 5.32 Å². The van der Waals surface area contributed by atoms with Crippen LogP contribution in [0.2, 0.25) is 0 Å². The van der Waals surface area contributed by atoms with Gasteiger partial charge >= 0.3 is 5.97 Å². The van der Waals surface area contributed by atoms with Crippen molar-refractivity contribution in [3.63, 3.8) is 0 Å². The molecule has 2 amide bonds. The molecule has 0 bridgehead atoms. The average molecular weight is 699 g/mol. The van der Waals surface area contributed by atoms with Crippen LogP contribution in [0.3, 0.4) is 0 Å². The number of hydrogen-bond acceptors (Lipinski definition) is 8. The largest absolute Gasteiger partial charge is 0.478 e. The summed E-state index contributed by atoms with van der Waals surface area (Å²) in [6.07, 6.45) is 1.96. The van der Waals surface area contributed by atoms with Crippen LogP contribution in [0, 0.1) is 0 Å². The minimum Gasteiger partial charge on any atom is -0.478 e. The van der Waals surface area contributed by atoms with E-state index < -0.39 is 18.2 Å². The molecule has 0 radical (unpaired) electrons. The van der Waals surface area contributed by atoms with Crippen molar-refractivity contribution in [2.75, 3.05) is 5.75 Å². The third kappa shape index (κ3) is 10.5. The topological polar surface area (TPSA) is 154 Å². The number of hydrogen-bond donors (Lipinski definition) is 5. The van der Waals surface area contributed by atoms with Crippen LogP contribution in [-0.4, -0.2) is 45.1 Å². The number of hydroxylamine groups is 1. The first-order valence-corrected chi connectivity index (χ1v) is 17.7. The van der Waals surface area contributed by atoms with Crippen molar-refractivity contribution in [2.45, 2.75) is 75.1 Å². The summed E-state index contributed by atoms with van der Waals surface area (Å²) in [6.45, 7) is 0.338. The summed E-state index contributed by atoms with van der Waals surface area (Å²) in [5, 5.41) is 30.8. The number of carboxylic acids is 1. The Labute approximate surface area is 295 Å². The van der Waals surface area contributed by atoms with Crippen molar-refractivity contribution in [1.82, 2.24) is 10.8 Å². The van der Waals surface area contributed by atoms with E-state index in [-0.39, 0.29) is 36.7 Å².